The van der Waals surface area contributed by atoms with Crippen LogP contribution in [-0.2, 0) is 28.7 Å². The molecule has 3 N–H and O–H groups in total. The van der Waals surface area contributed by atoms with Crippen molar-refractivity contribution in [1.29, 1.82) is 0 Å². The first-order valence-electron chi connectivity index (χ1n) is 15.0. The van der Waals surface area contributed by atoms with Crippen molar-refractivity contribution in [2.45, 2.75) is 32.1 Å². The summed E-state index contributed by atoms with van der Waals surface area (Å²) in [6, 6.07) is 31.6. The van der Waals surface area contributed by atoms with E-state index in [0.29, 0.717) is 33.0 Å². The molecule has 0 unspecified atom stereocenters. The first-order valence-corrected chi connectivity index (χ1v) is 15.4. The van der Waals surface area contributed by atoms with Crippen LogP contribution >= 0.6 is 11.6 Å². The normalized spacial score (nSPS) is 11.8. The number of carbonyl (C=O) groups is 3. The van der Waals surface area contributed by atoms with E-state index in [4.69, 9.17) is 11.6 Å². The predicted octanol–water partition coefficient (Wildman–Crippen LogP) is 8.30. The summed E-state index contributed by atoms with van der Waals surface area (Å²) in [5.74, 6) is -1.15. The van der Waals surface area contributed by atoms with Gasteiger partial charge in [-0.2, -0.15) is 13.2 Å². The lowest BCUT2D eigenvalue weighted by atomic mass is 9.98. The van der Waals surface area contributed by atoms with E-state index in [1.807, 2.05) is 19.1 Å². The molecular formula is C38H31ClF3N3O3. The van der Waals surface area contributed by atoms with Crippen molar-refractivity contribution in [3.63, 3.8) is 0 Å². The molecule has 0 saturated heterocycles. The molecule has 0 aliphatic carbocycles. The zero-order chi connectivity index (χ0) is 34.3. The number of amides is 3. The molecule has 0 aliphatic heterocycles. The first kappa shape index (κ1) is 33.9. The van der Waals surface area contributed by atoms with Crippen molar-refractivity contribution in [1.82, 2.24) is 10.6 Å². The number of hydrogen-bond donors (Lipinski definition) is 3. The zero-order valence-corrected chi connectivity index (χ0v) is 26.5. The smallest absolute Gasteiger partial charge is 0.350 e. The van der Waals surface area contributed by atoms with Gasteiger partial charge in [-0.1, -0.05) is 96.5 Å². The second-order valence-corrected chi connectivity index (χ2v) is 11.6. The van der Waals surface area contributed by atoms with Gasteiger partial charge in [0.05, 0.1) is 12.0 Å². The Hall–Kier alpha value is -5.41. The van der Waals surface area contributed by atoms with Crippen LogP contribution in [-0.4, -0.2) is 17.7 Å². The number of benzene rings is 5. The van der Waals surface area contributed by atoms with Crippen LogP contribution in [0.5, 0.6) is 0 Å². The van der Waals surface area contributed by atoms with Crippen LogP contribution in [0, 0.1) is 6.92 Å². The van der Waals surface area contributed by atoms with Crippen molar-refractivity contribution in [2.24, 2.45) is 0 Å². The highest BCUT2D eigenvalue weighted by molar-refractivity contribution is 6.30. The van der Waals surface area contributed by atoms with Gasteiger partial charge in [0.25, 0.3) is 5.91 Å². The Balaban J connectivity index is 1.25. The SMILES string of the molecule is Cc1cc(CNC(=O)[C@@H](NC(=O)Cc2cccc(Cl)c2)c2ccccc2)ccc1NC(=O)c1ccccc1-c1ccc(C(F)(F)F)cc1. The number of hydrogen-bond acceptors (Lipinski definition) is 3. The van der Waals surface area contributed by atoms with Crippen LogP contribution in [0.25, 0.3) is 11.1 Å². The monoisotopic (exact) mass is 669 g/mol. The quantitative estimate of drug-likeness (QED) is 0.140. The number of aryl methyl sites for hydroxylation is 1. The maximum atomic E-state index is 13.4. The van der Waals surface area contributed by atoms with E-state index >= 15 is 0 Å². The van der Waals surface area contributed by atoms with Crippen LogP contribution in [0.3, 0.4) is 0 Å². The fourth-order valence-electron chi connectivity index (χ4n) is 5.22. The third-order valence-corrected chi connectivity index (χ3v) is 7.89. The van der Waals surface area contributed by atoms with E-state index in [2.05, 4.69) is 16.0 Å². The third kappa shape index (κ3) is 8.68. The minimum Gasteiger partial charge on any atom is -0.350 e. The molecule has 3 amide bonds. The summed E-state index contributed by atoms with van der Waals surface area (Å²) in [6.07, 6.45) is -4.40. The number of anilines is 1. The van der Waals surface area contributed by atoms with Crippen molar-refractivity contribution in [3.8, 4) is 11.1 Å². The average Bonchev–Trinajstić information content (AvgIpc) is 3.07. The molecule has 244 valence electrons. The van der Waals surface area contributed by atoms with Gasteiger partial charge in [0.2, 0.25) is 11.8 Å². The van der Waals surface area contributed by atoms with Crippen molar-refractivity contribution >= 4 is 35.0 Å². The molecule has 0 spiro atoms. The molecular weight excluding hydrogens is 639 g/mol. The van der Waals surface area contributed by atoms with Gasteiger partial charge in [-0.15, -0.1) is 0 Å². The van der Waals surface area contributed by atoms with Gasteiger partial charge in [0, 0.05) is 22.8 Å². The molecule has 0 saturated carbocycles. The van der Waals surface area contributed by atoms with E-state index in [1.54, 1.807) is 84.9 Å². The Labute approximate surface area is 281 Å². The third-order valence-electron chi connectivity index (χ3n) is 7.65. The van der Waals surface area contributed by atoms with Crippen molar-refractivity contribution in [3.05, 3.63) is 160 Å². The lowest BCUT2D eigenvalue weighted by Gasteiger charge is -2.19. The maximum Gasteiger partial charge on any atom is 0.416 e. The molecule has 6 nitrogen and oxygen atoms in total. The average molecular weight is 670 g/mol. The fraction of sp³-hybridized carbons (Fsp3) is 0.132. The number of halogens is 4. The van der Waals surface area contributed by atoms with E-state index in [9.17, 15) is 27.6 Å². The van der Waals surface area contributed by atoms with E-state index in [-0.39, 0.29) is 18.9 Å². The van der Waals surface area contributed by atoms with Crippen LogP contribution in [0.15, 0.2) is 121 Å². The van der Waals surface area contributed by atoms with Gasteiger partial charge >= 0.3 is 6.18 Å². The Morgan fingerprint density at radius 1 is 0.771 bits per heavy atom. The summed E-state index contributed by atoms with van der Waals surface area (Å²) in [4.78, 5) is 39.6. The Bertz CT molecular complexity index is 1930. The highest BCUT2D eigenvalue weighted by atomic mass is 35.5. The van der Waals surface area contributed by atoms with Gasteiger partial charge in [-0.25, -0.2) is 0 Å². The Morgan fingerprint density at radius 2 is 1.48 bits per heavy atom. The number of alkyl halides is 3. The largest absolute Gasteiger partial charge is 0.416 e. The van der Waals surface area contributed by atoms with Gasteiger partial charge < -0.3 is 16.0 Å². The summed E-state index contributed by atoms with van der Waals surface area (Å²) >= 11 is 6.05. The molecule has 1 atom stereocenters. The molecule has 48 heavy (non-hydrogen) atoms. The Morgan fingerprint density at radius 3 is 2.17 bits per heavy atom. The zero-order valence-electron chi connectivity index (χ0n) is 25.8. The first-order chi connectivity index (χ1) is 23.0. The topological polar surface area (TPSA) is 87.3 Å². The molecule has 0 fully saturated rings. The van der Waals surface area contributed by atoms with E-state index in [1.165, 1.54) is 12.1 Å². The number of nitrogens with one attached hydrogen (secondary N) is 3. The fourth-order valence-corrected chi connectivity index (χ4v) is 5.43. The molecule has 0 aromatic heterocycles. The minimum atomic E-state index is -4.46. The second kappa shape index (κ2) is 15.0. The van der Waals surface area contributed by atoms with Gasteiger partial charge in [-0.3, -0.25) is 14.4 Å². The summed E-state index contributed by atoms with van der Waals surface area (Å²) in [6.45, 7) is 1.98. The lowest BCUT2D eigenvalue weighted by Crippen LogP contribution is -2.40. The van der Waals surface area contributed by atoms with Crippen LogP contribution in [0.4, 0.5) is 18.9 Å². The maximum absolute atomic E-state index is 13.4. The summed E-state index contributed by atoms with van der Waals surface area (Å²) in [5.41, 5.74) is 3.88. The van der Waals surface area contributed by atoms with Crippen LogP contribution < -0.4 is 16.0 Å². The van der Waals surface area contributed by atoms with Gasteiger partial charge in [0.1, 0.15) is 6.04 Å². The molecule has 5 rings (SSSR count). The Kier molecular flexibility index (Phi) is 10.6. The van der Waals surface area contributed by atoms with Crippen LogP contribution in [0.1, 0.15) is 44.2 Å². The molecule has 10 heteroatoms. The molecule has 0 aliphatic rings. The molecule has 5 aromatic carbocycles. The minimum absolute atomic E-state index is 0.0539. The van der Waals surface area contributed by atoms with Crippen molar-refractivity contribution in [2.75, 3.05) is 5.32 Å². The second-order valence-electron chi connectivity index (χ2n) is 11.2. The van der Waals surface area contributed by atoms with Crippen molar-refractivity contribution < 1.29 is 27.6 Å². The van der Waals surface area contributed by atoms with Gasteiger partial charge in [-0.05, 0) is 76.7 Å². The van der Waals surface area contributed by atoms with Crippen LogP contribution in [0.2, 0.25) is 5.02 Å². The standard InChI is InChI=1S/C38H31ClF3N3O3/c1-24-20-26(23-43-37(48)35(28-9-3-2-4-10-28)45-34(46)22-25-8-7-11-30(39)21-25)14-19-33(24)44-36(47)32-13-6-5-12-31(32)27-15-17-29(18-16-27)38(40,41)42/h2-21,35H,22-23H2,1H3,(H,43,48)(H,44,47)(H,45,46)/t35-/m0/s1. The lowest BCUT2D eigenvalue weighted by molar-refractivity contribution is -0.137. The number of carbonyl (C=O) groups excluding carboxylic acids is 3. The highest BCUT2D eigenvalue weighted by Crippen LogP contribution is 2.32. The van der Waals surface area contributed by atoms with E-state index < -0.39 is 29.6 Å². The molecule has 0 bridgehead atoms. The summed E-state index contributed by atoms with van der Waals surface area (Å²) in [7, 11) is 0. The summed E-state index contributed by atoms with van der Waals surface area (Å²) < 4.78 is 39.2. The molecule has 0 heterocycles. The van der Waals surface area contributed by atoms with Gasteiger partial charge in [0.15, 0.2) is 0 Å². The molecule has 0 radical (unpaired) electrons. The molecule has 5 aromatic rings. The number of rotatable bonds is 10. The highest BCUT2D eigenvalue weighted by Gasteiger charge is 2.30. The predicted molar refractivity (Wildman–Crippen MR) is 180 cm³/mol. The summed E-state index contributed by atoms with van der Waals surface area (Å²) in [5, 5.41) is 9.13. The van der Waals surface area contributed by atoms with E-state index in [0.717, 1.165) is 28.8 Å².